The van der Waals surface area contributed by atoms with Crippen LogP contribution in [0.25, 0.3) is 0 Å². The van der Waals surface area contributed by atoms with Crippen molar-refractivity contribution in [1.82, 2.24) is 9.55 Å². The molecule has 0 atom stereocenters. The van der Waals surface area contributed by atoms with Gasteiger partial charge in [0.15, 0.2) is 0 Å². The molecule has 0 aromatic carbocycles. The Hall–Kier alpha value is -1.26. The lowest BCUT2D eigenvalue weighted by Crippen LogP contribution is -2.38. The summed E-state index contributed by atoms with van der Waals surface area (Å²) >= 11 is 0. The predicted molar refractivity (Wildman–Crippen MR) is 37.7 cm³/mol. The van der Waals surface area contributed by atoms with Gasteiger partial charge in [-0.3, -0.25) is 9.78 Å². The molecule has 1 heterocycles. The summed E-state index contributed by atoms with van der Waals surface area (Å²) in [7, 11) is 6.74. The second-order valence-electron chi connectivity index (χ2n) is 1.92. The first-order valence-corrected chi connectivity index (χ1v) is 2.67. The van der Waals surface area contributed by atoms with Crippen LogP contribution in [-0.2, 0) is 7.05 Å². The maximum Gasteiger partial charge on any atom is 0.327 e. The van der Waals surface area contributed by atoms with Crippen molar-refractivity contribution in [2.24, 2.45) is 7.05 Å². The van der Waals surface area contributed by atoms with E-state index in [-0.39, 0.29) is 5.59 Å². The first-order chi connectivity index (χ1) is 4.61. The van der Waals surface area contributed by atoms with Crippen LogP contribution in [0.2, 0.25) is 0 Å². The Kier molecular flexibility index (Phi) is 1.49. The zero-order valence-corrected chi connectivity index (χ0v) is 5.42. The first kappa shape index (κ1) is 6.86. The summed E-state index contributed by atoms with van der Waals surface area (Å²) < 4.78 is 1.15. The van der Waals surface area contributed by atoms with E-state index in [0.29, 0.717) is 0 Å². The van der Waals surface area contributed by atoms with E-state index in [2.05, 4.69) is 4.98 Å². The number of aromatic amines is 1. The summed E-state index contributed by atoms with van der Waals surface area (Å²) in [6.45, 7) is 0. The van der Waals surface area contributed by atoms with Gasteiger partial charge in [-0.05, 0) is 5.59 Å². The van der Waals surface area contributed by atoms with Crippen LogP contribution in [0.4, 0.5) is 0 Å². The van der Waals surface area contributed by atoms with Crippen molar-refractivity contribution in [1.29, 1.82) is 0 Å². The van der Waals surface area contributed by atoms with Gasteiger partial charge in [0.1, 0.15) is 7.85 Å². The fourth-order valence-electron chi connectivity index (χ4n) is 0.574. The standard InChI is InChI=1S/C5H5BN2O2/c1-8-3(6)2-4(9)7-5(8)10/h2H,1H3,(H,7,9,10). The number of nitrogens with one attached hydrogen (secondary N) is 1. The molecule has 1 N–H and O–H groups in total. The van der Waals surface area contributed by atoms with E-state index in [1.807, 2.05) is 0 Å². The molecule has 1 aromatic rings. The van der Waals surface area contributed by atoms with Crippen molar-refractivity contribution < 1.29 is 0 Å². The minimum atomic E-state index is -0.495. The highest BCUT2D eigenvalue weighted by Gasteiger charge is 1.93. The monoisotopic (exact) mass is 136 g/mol. The Morgan fingerprint density at radius 1 is 1.60 bits per heavy atom. The molecule has 0 aliphatic rings. The topological polar surface area (TPSA) is 54.9 Å². The van der Waals surface area contributed by atoms with Gasteiger partial charge < -0.3 is 4.57 Å². The van der Waals surface area contributed by atoms with Crippen LogP contribution < -0.4 is 16.8 Å². The lowest BCUT2D eigenvalue weighted by molar-refractivity contribution is 0.826. The molecule has 5 heteroatoms. The summed E-state index contributed by atoms with van der Waals surface area (Å²) in [5, 5.41) is 0. The second kappa shape index (κ2) is 2.17. The van der Waals surface area contributed by atoms with Gasteiger partial charge in [-0.15, -0.1) is 0 Å². The fourth-order valence-corrected chi connectivity index (χ4v) is 0.574. The van der Waals surface area contributed by atoms with Crippen molar-refractivity contribution in [3.8, 4) is 0 Å². The van der Waals surface area contributed by atoms with Gasteiger partial charge in [0.25, 0.3) is 5.56 Å². The number of rotatable bonds is 0. The second-order valence-corrected chi connectivity index (χ2v) is 1.92. The van der Waals surface area contributed by atoms with Crippen LogP contribution in [0.5, 0.6) is 0 Å². The molecule has 50 valence electrons. The van der Waals surface area contributed by atoms with E-state index >= 15 is 0 Å². The quantitative estimate of drug-likeness (QED) is 0.414. The molecule has 0 aliphatic carbocycles. The fraction of sp³-hybridized carbons (Fsp3) is 0.200. The molecule has 10 heavy (non-hydrogen) atoms. The first-order valence-electron chi connectivity index (χ1n) is 2.67. The van der Waals surface area contributed by atoms with Crippen molar-refractivity contribution in [3.05, 3.63) is 26.9 Å². The molecule has 0 unspecified atom stereocenters. The lowest BCUT2D eigenvalue weighted by Gasteiger charge is -1.98. The summed E-state index contributed by atoms with van der Waals surface area (Å²) in [6.07, 6.45) is 0. The van der Waals surface area contributed by atoms with Gasteiger partial charge in [-0.25, -0.2) is 4.79 Å². The van der Waals surface area contributed by atoms with Crippen LogP contribution in [-0.4, -0.2) is 17.4 Å². The summed E-state index contributed by atoms with van der Waals surface area (Å²) in [5.41, 5.74) is -0.806. The van der Waals surface area contributed by atoms with Crippen LogP contribution >= 0.6 is 0 Å². The molecule has 0 saturated heterocycles. The van der Waals surface area contributed by atoms with E-state index in [0.717, 1.165) is 10.6 Å². The Balaban J connectivity index is 3.62. The third-order valence-electron chi connectivity index (χ3n) is 1.20. The highest BCUT2D eigenvalue weighted by atomic mass is 16.2. The maximum absolute atomic E-state index is 10.7. The van der Waals surface area contributed by atoms with Gasteiger partial charge in [0, 0.05) is 13.1 Å². The van der Waals surface area contributed by atoms with Crippen molar-refractivity contribution >= 4 is 13.4 Å². The summed E-state index contributed by atoms with van der Waals surface area (Å²) in [5.74, 6) is 0. The highest BCUT2D eigenvalue weighted by Crippen LogP contribution is 1.57. The molecule has 1 rings (SSSR count). The predicted octanol–water partition coefficient (Wildman–Crippen LogP) is -2.13. The molecule has 0 bridgehead atoms. The zero-order valence-electron chi connectivity index (χ0n) is 5.42. The molecule has 0 saturated carbocycles. The van der Waals surface area contributed by atoms with E-state index in [4.69, 9.17) is 7.85 Å². The van der Waals surface area contributed by atoms with Crippen LogP contribution in [0, 0.1) is 0 Å². The van der Waals surface area contributed by atoms with Gasteiger partial charge in [0.05, 0.1) is 0 Å². The number of hydrogen-bond acceptors (Lipinski definition) is 2. The third-order valence-corrected chi connectivity index (χ3v) is 1.20. The smallest absolute Gasteiger partial charge is 0.311 e. The van der Waals surface area contributed by atoms with Crippen LogP contribution in [0.3, 0.4) is 0 Å². The van der Waals surface area contributed by atoms with E-state index in [9.17, 15) is 9.59 Å². The van der Waals surface area contributed by atoms with E-state index in [1.54, 1.807) is 0 Å². The molecular weight excluding hydrogens is 131 g/mol. The SMILES string of the molecule is [B]c1cc(=O)[nH]c(=O)n1C. The molecule has 2 radical (unpaired) electrons. The van der Waals surface area contributed by atoms with Gasteiger partial charge >= 0.3 is 5.69 Å². The minimum Gasteiger partial charge on any atom is -0.311 e. The maximum atomic E-state index is 10.7. The molecule has 0 aliphatic heterocycles. The van der Waals surface area contributed by atoms with Crippen molar-refractivity contribution in [2.75, 3.05) is 0 Å². The number of H-pyrrole nitrogens is 1. The molecule has 0 spiro atoms. The molecule has 0 amide bonds. The van der Waals surface area contributed by atoms with Gasteiger partial charge in [-0.2, -0.15) is 0 Å². The summed E-state index contributed by atoms with van der Waals surface area (Å²) in [4.78, 5) is 23.3. The van der Waals surface area contributed by atoms with Gasteiger partial charge in [0.2, 0.25) is 0 Å². The normalized spacial score (nSPS) is 9.70. The van der Waals surface area contributed by atoms with Crippen molar-refractivity contribution in [3.63, 3.8) is 0 Å². The number of aromatic nitrogens is 2. The Morgan fingerprint density at radius 3 is 2.70 bits per heavy atom. The van der Waals surface area contributed by atoms with Gasteiger partial charge in [-0.1, -0.05) is 0 Å². The van der Waals surface area contributed by atoms with E-state index in [1.165, 1.54) is 7.05 Å². The Labute approximate surface area is 57.9 Å². The minimum absolute atomic E-state index is 0.161. The van der Waals surface area contributed by atoms with E-state index < -0.39 is 11.2 Å². The zero-order chi connectivity index (χ0) is 7.72. The van der Waals surface area contributed by atoms with Crippen LogP contribution in [0.1, 0.15) is 0 Å². The third kappa shape index (κ3) is 1.02. The summed E-state index contributed by atoms with van der Waals surface area (Å²) in [6, 6.07) is 1.15. The Bertz CT molecular complexity index is 351. The lowest BCUT2D eigenvalue weighted by atomic mass is 10.0. The molecule has 4 nitrogen and oxygen atoms in total. The molecule has 1 aromatic heterocycles. The van der Waals surface area contributed by atoms with Crippen LogP contribution in [0.15, 0.2) is 15.7 Å². The number of nitrogens with zero attached hydrogens (tertiary/aromatic N) is 1. The van der Waals surface area contributed by atoms with Crippen molar-refractivity contribution in [2.45, 2.75) is 0 Å². The molecular formula is C5H5BN2O2. The number of hydrogen-bond donors (Lipinski definition) is 1. The Morgan fingerprint density at radius 2 is 2.20 bits per heavy atom. The molecule has 0 fully saturated rings. The average molecular weight is 136 g/mol. The highest BCUT2D eigenvalue weighted by molar-refractivity contribution is 6.30. The average Bonchev–Trinajstić information content (AvgIpc) is 1.82. The largest absolute Gasteiger partial charge is 0.327 e.